The molecule has 0 bridgehead atoms. The molecule has 0 aliphatic heterocycles. The quantitative estimate of drug-likeness (QED) is 0.116. The summed E-state index contributed by atoms with van der Waals surface area (Å²) in [6.45, 7) is 12.7. The molecule has 10 aromatic rings. The Bertz CT molecular complexity index is 3240. The molecule has 0 spiro atoms. The first-order valence-electron chi connectivity index (χ1n) is 23.8. The Morgan fingerprint density at radius 1 is 0.338 bits per heavy atom. The fourth-order valence-corrected chi connectivity index (χ4v) is 9.39. The van der Waals surface area contributed by atoms with Crippen molar-refractivity contribution in [3.8, 4) is 67.1 Å². The summed E-state index contributed by atoms with van der Waals surface area (Å²) in [6.07, 6.45) is 5.79. The van der Waals surface area contributed by atoms with Crippen molar-refractivity contribution >= 4 is 0 Å². The van der Waals surface area contributed by atoms with Crippen molar-refractivity contribution in [3.05, 3.63) is 244 Å². The van der Waals surface area contributed by atoms with Gasteiger partial charge in [-0.1, -0.05) is 146 Å². The van der Waals surface area contributed by atoms with E-state index in [9.17, 15) is 0 Å². The second-order valence-corrected chi connectivity index (χ2v) is 18.3. The summed E-state index contributed by atoms with van der Waals surface area (Å²) in [5, 5.41) is 9.59. The maximum atomic E-state index is 5.07. The Hall–Kier alpha value is -7.89. The summed E-state index contributed by atoms with van der Waals surface area (Å²) < 4.78 is 4.12. The number of hydrogen-bond acceptors (Lipinski definition) is 3. The zero-order valence-corrected chi connectivity index (χ0v) is 40.0. The summed E-state index contributed by atoms with van der Waals surface area (Å²) in [5.41, 5.74) is 26.1. The standard InChI is InChI=1S/C63H57N5/c1-42-44(3)65-67(46(42)5)59-32-23-48(24-33-59)19-21-50-37-51(22-20-49-25-34-60(35-26-49)68-47(6)43(2)45(4)66-68)39-58(38-50)62-18-11-10-17-61(62)57-31-36-63(64-41-57)56-16-12-15-55(40-56)54-29-27-53(28-30-54)52-13-8-7-9-14-52/h7-18,23-41H,19-22H2,1-6H3. The number of aryl methyl sites for hydroxylation is 6. The van der Waals surface area contributed by atoms with E-state index in [4.69, 9.17) is 15.2 Å². The van der Waals surface area contributed by atoms with Gasteiger partial charge >= 0.3 is 0 Å². The van der Waals surface area contributed by atoms with Crippen LogP contribution in [0.4, 0.5) is 0 Å². The Kier molecular flexibility index (Phi) is 12.4. The van der Waals surface area contributed by atoms with Crippen molar-refractivity contribution < 1.29 is 0 Å². The highest BCUT2D eigenvalue weighted by atomic mass is 15.3. The first kappa shape index (κ1) is 44.0. The van der Waals surface area contributed by atoms with Crippen molar-refractivity contribution in [1.29, 1.82) is 0 Å². The van der Waals surface area contributed by atoms with Crippen LogP contribution in [0.3, 0.4) is 0 Å². The van der Waals surface area contributed by atoms with Gasteiger partial charge in [-0.15, -0.1) is 0 Å². The molecule has 3 heterocycles. The average Bonchev–Trinajstić information content (AvgIpc) is 3.81. The monoisotopic (exact) mass is 883 g/mol. The van der Waals surface area contributed by atoms with E-state index in [0.29, 0.717) is 0 Å². The van der Waals surface area contributed by atoms with Crippen LogP contribution in [-0.4, -0.2) is 24.5 Å². The van der Waals surface area contributed by atoms with Crippen LogP contribution >= 0.6 is 0 Å². The topological polar surface area (TPSA) is 48.5 Å². The van der Waals surface area contributed by atoms with E-state index in [1.807, 2.05) is 6.20 Å². The molecule has 0 N–H and O–H groups in total. The van der Waals surface area contributed by atoms with Crippen LogP contribution in [-0.2, 0) is 25.7 Å². The second kappa shape index (κ2) is 19.1. The van der Waals surface area contributed by atoms with Gasteiger partial charge in [0.05, 0.1) is 28.5 Å². The third kappa shape index (κ3) is 9.25. The SMILES string of the molecule is Cc1nn(-c2ccc(CCc3cc(CCc4ccc(-n5nc(C)c(C)c5C)cc4)cc(-c4ccccc4-c4ccc(-c5cccc(-c6ccc(-c7ccccc7)cc6)c5)nc4)c3)cc2)c(C)c1C. The molecular formula is C63H57N5. The highest BCUT2D eigenvalue weighted by Crippen LogP contribution is 2.35. The second-order valence-electron chi connectivity index (χ2n) is 18.3. The van der Waals surface area contributed by atoms with Crippen LogP contribution in [0.1, 0.15) is 56.2 Å². The number of nitrogens with zero attached hydrogens (tertiary/aromatic N) is 5. The summed E-state index contributed by atoms with van der Waals surface area (Å²) in [5.74, 6) is 0. The molecule has 5 nitrogen and oxygen atoms in total. The first-order valence-corrected chi connectivity index (χ1v) is 23.8. The summed E-state index contributed by atoms with van der Waals surface area (Å²) in [6, 6.07) is 66.3. The van der Waals surface area contributed by atoms with Crippen LogP contribution in [0.2, 0.25) is 0 Å². The predicted octanol–water partition coefficient (Wildman–Crippen LogP) is 15.2. The number of aromatic nitrogens is 5. The average molecular weight is 884 g/mol. The van der Waals surface area contributed by atoms with Gasteiger partial charge in [0.15, 0.2) is 0 Å². The van der Waals surface area contributed by atoms with Crippen molar-refractivity contribution in [2.75, 3.05) is 0 Å². The zero-order valence-electron chi connectivity index (χ0n) is 40.0. The fraction of sp³-hybridized carbons (Fsp3) is 0.159. The van der Waals surface area contributed by atoms with Gasteiger partial charge in [0.2, 0.25) is 0 Å². The molecule has 0 unspecified atom stereocenters. The molecule has 0 saturated heterocycles. The minimum absolute atomic E-state index is 0.935. The van der Waals surface area contributed by atoms with Crippen molar-refractivity contribution in [2.45, 2.75) is 67.2 Å². The van der Waals surface area contributed by atoms with Crippen LogP contribution in [0, 0.1) is 41.5 Å². The molecule has 7 aromatic carbocycles. The van der Waals surface area contributed by atoms with E-state index >= 15 is 0 Å². The normalized spacial score (nSPS) is 11.3. The maximum Gasteiger partial charge on any atom is 0.0702 e. The smallest absolute Gasteiger partial charge is 0.0702 e. The van der Waals surface area contributed by atoms with E-state index in [0.717, 1.165) is 65.3 Å². The molecule has 3 aromatic heterocycles. The number of pyridine rings is 1. The molecule has 5 heteroatoms. The summed E-state index contributed by atoms with van der Waals surface area (Å²) >= 11 is 0. The number of benzene rings is 7. The highest BCUT2D eigenvalue weighted by Gasteiger charge is 2.14. The lowest BCUT2D eigenvalue weighted by Crippen LogP contribution is -2.01. The van der Waals surface area contributed by atoms with Gasteiger partial charge in [0.25, 0.3) is 0 Å². The molecular weight excluding hydrogens is 827 g/mol. The molecule has 10 rings (SSSR count). The van der Waals surface area contributed by atoms with Crippen LogP contribution in [0.5, 0.6) is 0 Å². The largest absolute Gasteiger partial charge is 0.256 e. The molecule has 0 atom stereocenters. The van der Waals surface area contributed by atoms with Gasteiger partial charge in [0, 0.05) is 28.7 Å². The van der Waals surface area contributed by atoms with Gasteiger partial charge in [-0.25, -0.2) is 9.36 Å². The Labute approximate surface area is 401 Å². The lowest BCUT2D eigenvalue weighted by atomic mass is 9.90. The molecule has 0 aliphatic carbocycles. The Morgan fingerprint density at radius 3 is 1.28 bits per heavy atom. The van der Waals surface area contributed by atoms with Crippen LogP contribution in [0.25, 0.3) is 67.1 Å². The maximum absolute atomic E-state index is 5.07. The lowest BCUT2D eigenvalue weighted by molar-refractivity contribution is 0.831. The van der Waals surface area contributed by atoms with Crippen molar-refractivity contribution in [2.24, 2.45) is 0 Å². The van der Waals surface area contributed by atoms with Gasteiger partial charge in [-0.05, 0) is 176 Å². The van der Waals surface area contributed by atoms with E-state index in [2.05, 4.69) is 233 Å². The summed E-state index contributed by atoms with van der Waals surface area (Å²) in [7, 11) is 0. The molecule has 334 valence electrons. The van der Waals surface area contributed by atoms with Gasteiger partial charge in [-0.2, -0.15) is 10.2 Å². The van der Waals surface area contributed by atoms with Gasteiger partial charge in [-0.3, -0.25) is 4.98 Å². The minimum Gasteiger partial charge on any atom is -0.256 e. The molecule has 0 fully saturated rings. The van der Waals surface area contributed by atoms with Gasteiger partial charge < -0.3 is 0 Å². The Morgan fingerprint density at radius 2 is 0.779 bits per heavy atom. The van der Waals surface area contributed by atoms with E-state index in [1.54, 1.807) is 0 Å². The predicted molar refractivity (Wildman–Crippen MR) is 282 cm³/mol. The fourth-order valence-electron chi connectivity index (χ4n) is 9.39. The van der Waals surface area contributed by atoms with Crippen molar-refractivity contribution in [1.82, 2.24) is 24.5 Å². The molecule has 0 radical (unpaired) electrons. The number of rotatable bonds is 13. The minimum atomic E-state index is 0.935. The lowest BCUT2D eigenvalue weighted by Gasteiger charge is -2.15. The number of hydrogen-bond donors (Lipinski definition) is 0. The van der Waals surface area contributed by atoms with E-state index in [1.165, 1.54) is 83.7 Å². The van der Waals surface area contributed by atoms with Crippen molar-refractivity contribution in [3.63, 3.8) is 0 Å². The molecule has 0 aliphatic rings. The van der Waals surface area contributed by atoms with E-state index < -0.39 is 0 Å². The summed E-state index contributed by atoms with van der Waals surface area (Å²) in [4.78, 5) is 5.07. The Balaban J connectivity index is 0.915. The molecule has 0 saturated carbocycles. The zero-order chi connectivity index (χ0) is 46.7. The van der Waals surface area contributed by atoms with Crippen LogP contribution < -0.4 is 0 Å². The van der Waals surface area contributed by atoms with Gasteiger partial charge in [0.1, 0.15) is 0 Å². The first-order chi connectivity index (χ1) is 33.1. The molecule has 0 amide bonds. The third-order valence-corrected chi connectivity index (χ3v) is 13.9. The van der Waals surface area contributed by atoms with Crippen LogP contribution in [0.15, 0.2) is 188 Å². The highest BCUT2D eigenvalue weighted by molar-refractivity contribution is 5.84. The third-order valence-electron chi connectivity index (χ3n) is 13.9. The van der Waals surface area contributed by atoms with E-state index in [-0.39, 0.29) is 0 Å². The molecule has 68 heavy (non-hydrogen) atoms.